The number of rotatable bonds is 4. The third kappa shape index (κ3) is 5.50. The molecule has 10 nitrogen and oxygen atoms in total. The number of amides is 4. The second-order valence-corrected chi connectivity index (χ2v) is 9.42. The first kappa shape index (κ1) is 28.2. The molecule has 0 fully saturated rings. The van der Waals surface area contributed by atoms with Crippen LogP contribution in [0, 0.1) is 0 Å². The summed E-state index contributed by atoms with van der Waals surface area (Å²) < 4.78 is 5.79. The molecule has 4 amide bonds. The largest absolute Gasteiger partial charge is 0.451 e. The molecule has 4 rings (SSSR count). The molecule has 2 aromatic carbocycles. The number of imide groups is 1. The van der Waals surface area contributed by atoms with Crippen LogP contribution < -0.4 is 10.7 Å². The van der Waals surface area contributed by atoms with Crippen molar-refractivity contribution >= 4 is 86.7 Å². The minimum absolute atomic E-state index is 0.0187. The fourth-order valence-electron chi connectivity index (χ4n) is 3.66. The summed E-state index contributed by atoms with van der Waals surface area (Å²) in [6.45, 7) is 1.05. The van der Waals surface area contributed by atoms with E-state index < -0.39 is 23.8 Å². The van der Waals surface area contributed by atoms with E-state index in [1.54, 1.807) is 36.4 Å². The number of ether oxygens (including phenoxy) is 1. The summed E-state index contributed by atoms with van der Waals surface area (Å²) in [5.74, 6) is -2.38. The van der Waals surface area contributed by atoms with E-state index in [0.29, 0.717) is 15.8 Å². The van der Waals surface area contributed by atoms with Crippen molar-refractivity contribution in [1.82, 2.24) is 20.0 Å². The number of nitrogens with one attached hydrogen (secondary N) is 2. The van der Waals surface area contributed by atoms with Crippen molar-refractivity contribution in [1.29, 1.82) is 0 Å². The lowest BCUT2D eigenvalue weighted by molar-refractivity contribution is -0.129. The van der Waals surface area contributed by atoms with Gasteiger partial charge in [0.2, 0.25) is 5.91 Å². The number of methoxy groups -OCH3 is 1. The van der Waals surface area contributed by atoms with E-state index in [1.807, 2.05) is 0 Å². The second kappa shape index (κ2) is 11.5. The SMILES string of the molecule is COC(=O)N(NC(=O)c1cc2ccccc2c(Cl)c1NC(=O)c1cc(Cl)c(Cl)n1-c1ncccc1Cl)C(C)=O. The lowest BCUT2D eigenvalue weighted by Crippen LogP contribution is -2.49. The monoisotopic (exact) mass is 607 g/mol. The van der Waals surface area contributed by atoms with Gasteiger partial charge in [-0.15, -0.1) is 0 Å². The summed E-state index contributed by atoms with van der Waals surface area (Å²) >= 11 is 25.6. The molecule has 0 unspecified atom stereocenters. The van der Waals surface area contributed by atoms with Crippen molar-refractivity contribution in [3.63, 3.8) is 0 Å². The summed E-state index contributed by atoms with van der Waals surface area (Å²) in [5.41, 5.74) is 1.83. The van der Waals surface area contributed by atoms with Crippen LogP contribution in [0.2, 0.25) is 20.2 Å². The van der Waals surface area contributed by atoms with Crippen LogP contribution >= 0.6 is 46.4 Å². The van der Waals surface area contributed by atoms with Gasteiger partial charge in [0, 0.05) is 18.5 Å². The Morgan fingerprint density at radius 3 is 2.33 bits per heavy atom. The Kier molecular flexibility index (Phi) is 8.31. The lowest BCUT2D eigenvalue weighted by atomic mass is 10.0. The number of nitrogens with zero attached hydrogens (tertiary/aromatic N) is 3. The van der Waals surface area contributed by atoms with Crippen LogP contribution in [0.1, 0.15) is 27.8 Å². The van der Waals surface area contributed by atoms with Gasteiger partial charge in [0.05, 0.1) is 33.4 Å². The summed E-state index contributed by atoms with van der Waals surface area (Å²) in [6.07, 6.45) is 0.334. The second-order valence-electron chi connectivity index (χ2n) is 7.87. The number of carbonyl (C=O) groups excluding carboxylic acids is 4. The Morgan fingerprint density at radius 1 is 0.949 bits per heavy atom. The maximum atomic E-state index is 13.6. The average molecular weight is 609 g/mol. The van der Waals surface area contributed by atoms with E-state index in [1.165, 1.54) is 22.9 Å². The summed E-state index contributed by atoms with van der Waals surface area (Å²) in [6, 6.07) is 12.7. The fourth-order valence-corrected chi connectivity index (χ4v) is 4.60. The first-order valence-electron chi connectivity index (χ1n) is 10.9. The Bertz CT molecular complexity index is 1660. The highest BCUT2D eigenvalue weighted by Crippen LogP contribution is 2.37. The topological polar surface area (TPSA) is 123 Å². The Labute approximate surface area is 241 Å². The van der Waals surface area contributed by atoms with E-state index in [9.17, 15) is 19.2 Å². The lowest BCUT2D eigenvalue weighted by Gasteiger charge is -2.20. The third-order valence-electron chi connectivity index (χ3n) is 5.44. The smallest absolute Gasteiger partial charge is 0.435 e. The number of hydrogen-bond donors (Lipinski definition) is 2. The van der Waals surface area contributed by atoms with Crippen LogP contribution in [0.5, 0.6) is 0 Å². The molecule has 4 aromatic rings. The van der Waals surface area contributed by atoms with Gasteiger partial charge in [0.15, 0.2) is 5.82 Å². The number of fused-ring (bicyclic) bond motifs is 1. The number of halogens is 4. The van der Waals surface area contributed by atoms with Gasteiger partial charge >= 0.3 is 6.09 Å². The predicted molar refractivity (Wildman–Crippen MR) is 148 cm³/mol. The predicted octanol–water partition coefficient (Wildman–Crippen LogP) is 6.15. The number of carbonyl (C=O) groups is 4. The Balaban J connectivity index is 1.83. The highest BCUT2D eigenvalue weighted by molar-refractivity contribution is 6.43. The van der Waals surface area contributed by atoms with Crippen molar-refractivity contribution < 1.29 is 23.9 Å². The molecule has 0 aliphatic carbocycles. The molecule has 2 heterocycles. The van der Waals surface area contributed by atoms with E-state index in [0.717, 1.165) is 14.0 Å². The zero-order valence-corrected chi connectivity index (χ0v) is 23.1. The van der Waals surface area contributed by atoms with Crippen LogP contribution in [0.4, 0.5) is 10.5 Å². The van der Waals surface area contributed by atoms with Gasteiger partial charge in [-0.2, -0.15) is 5.01 Å². The molecular weight excluding hydrogens is 592 g/mol. The minimum atomic E-state index is -1.12. The molecule has 0 aliphatic rings. The molecule has 0 atom stereocenters. The molecule has 0 aliphatic heterocycles. The van der Waals surface area contributed by atoms with E-state index in [-0.39, 0.29) is 43.0 Å². The molecule has 200 valence electrons. The molecule has 0 bridgehead atoms. The molecule has 0 radical (unpaired) electrons. The van der Waals surface area contributed by atoms with Gasteiger partial charge in [0.1, 0.15) is 10.8 Å². The van der Waals surface area contributed by atoms with Gasteiger partial charge in [-0.1, -0.05) is 70.7 Å². The molecular formula is C25H17Cl4N5O5. The first-order chi connectivity index (χ1) is 18.5. The zero-order valence-electron chi connectivity index (χ0n) is 20.1. The quantitative estimate of drug-likeness (QED) is 0.268. The number of pyridine rings is 1. The van der Waals surface area contributed by atoms with Crippen molar-refractivity contribution in [2.75, 3.05) is 12.4 Å². The standard InChI is InChI=1S/C25H17Cl4N5O5/c1-12(35)34(25(38)39-2)32-23(36)15-10-13-6-3-4-7-14(13)19(28)20(15)31-24(37)18-11-17(27)21(29)33(18)22-16(26)8-5-9-30-22/h3-11H,1-2H3,(H,31,37)(H,32,36). The maximum Gasteiger partial charge on any atom is 0.435 e. The van der Waals surface area contributed by atoms with Crippen LogP contribution in [0.3, 0.4) is 0 Å². The van der Waals surface area contributed by atoms with Crippen molar-refractivity contribution in [2.45, 2.75) is 6.92 Å². The van der Waals surface area contributed by atoms with Crippen LogP contribution in [0.15, 0.2) is 54.7 Å². The van der Waals surface area contributed by atoms with Gasteiger partial charge in [0.25, 0.3) is 11.8 Å². The van der Waals surface area contributed by atoms with E-state index in [2.05, 4.69) is 20.5 Å². The van der Waals surface area contributed by atoms with Crippen molar-refractivity contribution in [3.05, 3.63) is 86.2 Å². The van der Waals surface area contributed by atoms with E-state index in [4.69, 9.17) is 46.4 Å². The Hall–Kier alpha value is -3.83. The van der Waals surface area contributed by atoms with Gasteiger partial charge in [-0.25, -0.2) is 9.78 Å². The normalized spacial score (nSPS) is 10.7. The Morgan fingerprint density at radius 2 is 1.67 bits per heavy atom. The van der Waals surface area contributed by atoms with E-state index >= 15 is 0 Å². The van der Waals surface area contributed by atoms with Crippen LogP contribution in [-0.4, -0.2) is 45.5 Å². The molecule has 39 heavy (non-hydrogen) atoms. The molecule has 0 saturated heterocycles. The molecule has 0 saturated carbocycles. The number of hydrogen-bond acceptors (Lipinski definition) is 6. The summed E-state index contributed by atoms with van der Waals surface area (Å²) in [7, 11) is 1.04. The third-order valence-corrected chi connectivity index (χ3v) is 6.88. The minimum Gasteiger partial charge on any atom is -0.451 e. The number of hydrazine groups is 1. The van der Waals surface area contributed by atoms with Gasteiger partial charge < -0.3 is 10.1 Å². The average Bonchev–Trinajstić information content (AvgIpc) is 3.22. The summed E-state index contributed by atoms with van der Waals surface area (Å²) in [5, 5.41) is 4.29. The first-order valence-corrected chi connectivity index (χ1v) is 12.5. The molecule has 0 spiro atoms. The molecule has 2 aromatic heterocycles. The molecule has 2 N–H and O–H groups in total. The molecule has 14 heteroatoms. The number of aromatic nitrogens is 2. The maximum absolute atomic E-state index is 13.6. The highest BCUT2D eigenvalue weighted by Gasteiger charge is 2.28. The van der Waals surface area contributed by atoms with Gasteiger partial charge in [-0.05, 0) is 29.7 Å². The highest BCUT2D eigenvalue weighted by atomic mass is 35.5. The van der Waals surface area contributed by atoms with Crippen molar-refractivity contribution in [2.24, 2.45) is 0 Å². The number of anilines is 1. The van der Waals surface area contributed by atoms with Crippen LogP contribution in [-0.2, 0) is 9.53 Å². The van der Waals surface area contributed by atoms with Gasteiger partial charge in [-0.3, -0.25) is 24.4 Å². The zero-order chi connectivity index (χ0) is 28.4. The van der Waals surface area contributed by atoms with Crippen molar-refractivity contribution in [3.8, 4) is 5.82 Å². The van der Waals surface area contributed by atoms with Crippen LogP contribution in [0.25, 0.3) is 16.6 Å². The fraction of sp³-hybridized carbons (Fsp3) is 0.0800. The number of benzene rings is 2. The summed E-state index contributed by atoms with van der Waals surface area (Å²) in [4.78, 5) is 55.0.